The predicted octanol–water partition coefficient (Wildman–Crippen LogP) is 3.86. The van der Waals surface area contributed by atoms with Crippen LogP contribution in [0.25, 0.3) is 0 Å². The van der Waals surface area contributed by atoms with Gasteiger partial charge in [0.15, 0.2) is 0 Å². The summed E-state index contributed by atoms with van der Waals surface area (Å²) >= 11 is 0. The monoisotopic (exact) mass is 443 g/mol. The van der Waals surface area contributed by atoms with Gasteiger partial charge in [-0.05, 0) is 83.0 Å². The lowest BCUT2D eigenvalue weighted by molar-refractivity contribution is -0.206. The molecule has 6 bridgehead atoms. The maximum atomic E-state index is 13.7. The normalized spacial score (nSPS) is 47.6. The highest BCUT2D eigenvalue weighted by atomic mass is 16.6. The largest absolute Gasteiger partial charge is 0.459 e. The summed E-state index contributed by atoms with van der Waals surface area (Å²) in [4.78, 5) is 38.5. The zero-order valence-electron chi connectivity index (χ0n) is 19.2. The molecule has 7 fully saturated rings. The molecule has 6 unspecified atom stereocenters. The second-order valence-corrected chi connectivity index (χ2v) is 12.2. The second-order valence-electron chi connectivity index (χ2n) is 12.2. The molecular weight excluding hydrogens is 408 g/mol. The van der Waals surface area contributed by atoms with E-state index in [1.54, 1.807) is 0 Å². The predicted molar refractivity (Wildman–Crippen MR) is 114 cm³/mol. The van der Waals surface area contributed by atoms with Crippen LogP contribution in [-0.4, -0.2) is 35.7 Å². The Kier molecular flexibility index (Phi) is 4.56. The highest BCUT2D eigenvalue weighted by Crippen LogP contribution is 2.65. The van der Waals surface area contributed by atoms with E-state index in [1.165, 1.54) is 19.3 Å². The molecule has 0 aromatic heterocycles. The standard InChI is InChI=1S/C26H35O6/c1-4-5-18(27)30-21-17-9-16-19(23(28)31-22(16)21)20(17)24(29)32-25(2,3)26-10-13-6-14(11-26)8-15(7-13)12-26/h13-17,19-22H,1,4-12H2,2-3H3. The maximum Gasteiger partial charge on any atom is 0.310 e. The zero-order valence-corrected chi connectivity index (χ0v) is 19.2. The van der Waals surface area contributed by atoms with Crippen LogP contribution in [-0.2, 0) is 28.6 Å². The van der Waals surface area contributed by atoms with Gasteiger partial charge in [-0.3, -0.25) is 14.4 Å². The molecule has 0 N–H and O–H groups in total. The van der Waals surface area contributed by atoms with Crippen molar-refractivity contribution in [3.63, 3.8) is 0 Å². The third kappa shape index (κ3) is 2.86. The minimum Gasteiger partial charge on any atom is -0.459 e. The number of fused-ring (bicyclic) bond motifs is 1. The fraction of sp³-hybridized carbons (Fsp3) is 0.846. The minimum absolute atomic E-state index is 0.0493. The first kappa shape index (κ1) is 21.0. The Morgan fingerprint density at radius 3 is 2.28 bits per heavy atom. The summed E-state index contributed by atoms with van der Waals surface area (Å²) < 4.78 is 17.7. The Hall–Kier alpha value is -1.59. The minimum atomic E-state index is -0.572. The van der Waals surface area contributed by atoms with Crippen molar-refractivity contribution in [2.45, 2.75) is 89.4 Å². The Balaban J connectivity index is 1.22. The summed E-state index contributed by atoms with van der Waals surface area (Å²) in [6.07, 6.45) is 7.87. The van der Waals surface area contributed by atoms with E-state index < -0.39 is 29.6 Å². The van der Waals surface area contributed by atoms with E-state index in [1.807, 2.05) is 0 Å². The van der Waals surface area contributed by atoms with Crippen LogP contribution in [0.2, 0.25) is 0 Å². The number of rotatable bonds is 6. The molecule has 32 heavy (non-hydrogen) atoms. The summed E-state index contributed by atoms with van der Waals surface area (Å²) in [5, 5.41) is 0. The molecule has 6 heteroatoms. The number of esters is 3. The van der Waals surface area contributed by atoms with Gasteiger partial charge in [0.1, 0.15) is 17.8 Å². The summed E-state index contributed by atoms with van der Waals surface area (Å²) in [7, 11) is 0. The third-order valence-corrected chi connectivity index (χ3v) is 10.1. The van der Waals surface area contributed by atoms with Crippen LogP contribution in [0.4, 0.5) is 0 Å². The molecular formula is C26H35O6. The van der Waals surface area contributed by atoms with Crippen molar-refractivity contribution in [3.05, 3.63) is 6.92 Å². The molecule has 1 saturated heterocycles. The van der Waals surface area contributed by atoms with Crippen LogP contribution >= 0.6 is 0 Å². The van der Waals surface area contributed by atoms with E-state index in [9.17, 15) is 14.4 Å². The topological polar surface area (TPSA) is 78.9 Å². The van der Waals surface area contributed by atoms with Gasteiger partial charge >= 0.3 is 17.9 Å². The molecule has 7 rings (SSSR count). The van der Waals surface area contributed by atoms with E-state index in [4.69, 9.17) is 14.2 Å². The van der Waals surface area contributed by atoms with Crippen LogP contribution in [0, 0.1) is 53.8 Å². The Morgan fingerprint density at radius 1 is 1.06 bits per heavy atom. The van der Waals surface area contributed by atoms with Gasteiger partial charge in [0.05, 0.1) is 11.8 Å². The van der Waals surface area contributed by atoms with Gasteiger partial charge < -0.3 is 14.2 Å². The molecule has 1 heterocycles. The maximum absolute atomic E-state index is 13.7. The van der Waals surface area contributed by atoms with Crippen molar-refractivity contribution in [1.29, 1.82) is 0 Å². The van der Waals surface area contributed by atoms with Gasteiger partial charge in [0.25, 0.3) is 0 Å². The molecule has 0 amide bonds. The van der Waals surface area contributed by atoms with Crippen LogP contribution in [0.1, 0.15) is 71.6 Å². The molecule has 7 aliphatic rings. The van der Waals surface area contributed by atoms with Gasteiger partial charge in [-0.25, -0.2) is 0 Å². The van der Waals surface area contributed by atoms with Crippen molar-refractivity contribution >= 4 is 17.9 Å². The summed E-state index contributed by atoms with van der Waals surface area (Å²) in [5.74, 6) is 0.0755. The van der Waals surface area contributed by atoms with Crippen molar-refractivity contribution in [1.82, 2.24) is 0 Å². The van der Waals surface area contributed by atoms with Gasteiger partial charge in [0.2, 0.25) is 0 Å². The van der Waals surface area contributed by atoms with Gasteiger partial charge in [0, 0.05) is 23.7 Å². The molecule has 1 aliphatic heterocycles. The smallest absolute Gasteiger partial charge is 0.310 e. The molecule has 1 radical (unpaired) electrons. The molecule has 6 atom stereocenters. The Morgan fingerprint density at radius 2 is 1.69 bits per heavy atom. The molecule has 0 aromatic rings. The van der Waals surface area contributed by atoms with Gasteiger partial charge in [-0.1, -0.05) is 6.92 Å². The molecule has 0 spiro atoms. The Bertz CT molecular complexity index is 810. The lowest BCUT2D eigenvalue weighted by atomic mass is 9.46. The van der Waals surface area contributed by atoms with E-state index in [-0.39, 0.29) is 41.6 Å². The van der Waals surface area contributed by atoms with E-state index >= 15 is 0 Å². The average molecular weight is 444 g/mol. The first-order valence-electron chi connectivity index (χ1n) is 12.6. The molecule has 6 saturated carbocycles. The first-order valence-corrected chi connectivity index (χ1v) is 12.6. The van der Waals surface area contributed by atoms with E-state index in [2.05, 4.69) is 20.8 Å². The van der Waals surface area contributed by atoms with E-state index in [0.717, 1.165) is 37.0 Å². The van der Waals surface area contributed by atoms with Crippen LogP contribution < -0.4 is 0 Å². The lowest BCUT2D eigenvalue weighted by Gasteiger charge is -2.61. The summed E-state index contributed by atoms with van der Waals surface area (Å²) in [5.41, 5.74) is -0.516. The fourth-order valence-corrected chi connectivity index (χ4v) is 9.10. The lowest BCUT2D eigenvalue weighted by Crippen LogP contribution is -2.58. The first-order chi connectivity index (χ1) is 15.2. The number of hydrogen-bond acceptors (Lipinski definition) is 6. The number of hydrogen-bond donors (Lipinski definition) is 0. The molecule has 6 nitrogen and oxygen atoms in total. The summed E-state index contributed by atoms with van der Waals surface area (Å²) in [6.45, 7) is 7.89. The third-order valence-electron chi connectivity index (χ3n) is 10.1. The quantitative estimate of drug-likeness (QED) is 0.458. The molecule has 175 valence electrons. The fourth-order valence-electron chi connectivity index (χ4n) is 9.10. The number of carbonyl (C=O) groups excluding carboxylic acids is 3. The zero-order chi connectivity index (χ0) is 22.4. The Labute approximate surface area is 190 Å². The summed E-state index contributed by atoms with van der Waals surface area (Å²) in [6, 6.07) is 0. The van der Waals surface area contributed by atoms with Crippen molar-refractivity contribution < 1.29 is 28.6 Å². The molecule has 6 aliphatic carbocycles. The van der Waals surface area contributed by atoms with Gasteiger partial charge in [-0.2, -0.15) is 0 Å². The highest BCUT2D eigenvalue weighted by Gasteiger charge is 2.71. The highest BCUT2D eigenvalue weighted by molar-refractivity contribution is 5.86. The van der Waals surface area contributed by atoms with Crippen molar-refractivity contribution in [2.75, 3.05) is 0 Å². The average Bonchev–Trinajstić information content (AvgIpc) is 3.30. The number of carbonyl (C=O) groups is 3. The van der Waals surface area contributed by atoms with Crippen molar-refractivity contribution in [3.8, 4) is 0 Å². The SMILES string of the molecule is [CH2]CCC(=O)OC1C2CC3C1OC(=O)C3C2C(=O)OC(C)(C)C12CC3CC(CC(C3)C1)C2. The second kappa shape index (κ2) is 6.96. The van der Waals surface area contributed by atoms with Crippen LogP contribution in [0.15, 0.2) is 0 Å². The van der Waals surface area contributed by atoms with Crippen LogP contribution in [0.3, 0.4) is 0 Å². The number of ether oxygens (including phenoxy) is 3. The molecule has 0 aromatic carbocycles. The van der Waals surface area contributed by atoms with E-state index in [0.29, 0.717) is 12.8 Å². The van der Waals surface area contributed by atoms with Crippen molar-refractivity contribution in [2.24, 2.45) is 46.8 Å². The van der Waals surface area contributed by atoms with Gasteiger partial charge in [-0.15, -0.1) is 0 Å². The van der Waals surface area contributed by atoms with Crippen LogP contribution in [0.5, 0.6) is 0 Å².